The third-order valence-electron chi connectivity index (χ3n) is 2.11. The molecule has 0 heterocycles. The molecule has 0 aliphatic carbocycles. The maximum atomic E-state index is 11.5. The number of rotatable bonds is 5. The molecule has 16 heavy (non-hydrogen) atoms. The van der Waals surface area contributed by atoms with Gasteiger partial charge in [-0.1, -0.05) is 30.3 Å². The summed E-state index contributed by atoms with van der Waals surface area (Å²) in [6.45, 7) is 6.09. The Bertz CT molecular complexity index is 328. The molecule has 0 aliphatic rings. The molecular formula is C13H20O2Si. The summed E-state index contributed by atoms with van der Waals surface area (Å²) in [7, 11) is -1.70. The van der Waals surface area contributed by atoms with Crippen molar-refractivity contribution in [1.82, 2.24) is 0 Å². The van der Waals surface area contributed by atoms with Crippen molar-refractivity contribution in [3.63, 3.8) is 0 Å². The van der Waals surface area contributed by atoms with E-state index in [-0.39, 0.29) is 5.97 Å². The Morgan fingerprint density at radius 2 is 1.81 bits per heavy atom. The third-order valence-corrected chi connectivity index (χ3v) is 2.95. The summed E-state index contributed by atoms with van der Waals surface area (Å²) >= 11 is 0. The minimum Gasteiger partial charge on any atom is -0.520 e. The molecule has 1 rings (SSSR count). The Labute approximate surface area is 98.8 Å². The fraction of sp³-hybridized carbons (Fsp3) is 0.462. The molecule has 0 amide bonds. The van der Waals surface area contributed by atoms with Crippen LogP contribution in [0.1, 0.15) is 18.4 Å². The maximum absolute atomic E-state index is 11.5. The van der Waals surface area contributed by atoms with Crippen LogP contribution in [0.4, 0.5) is 0 Å². The lowest BCUT2D eigenvalue weighted by atomic mass is 10.1. The summed E-state index contributed by atoms with van der Waals surface area (Å²) < 4.78 is 5.38. The predicted octanol–water partition coefficient (Wildman–Crippen LogP) is 3.39. The summed E-state index contributed by atoms with van der Waals surface area (Å²) in [5.74, 6) is -0.0462. The topological polar surface area (TPSA) is 26.3 Å². The Morgan fingerprint density at radius 3 is 2.38 bits per heavy atom. The van der Waals surface area contributed by atoms with E-state index >= 15 is 0 Å². The van der Waals surface area contributed by atoms with Crippen molar-refractivity contribution in [2.45, 2.75) is 38.9 Å². The fourth-order valence-electron chi connectivity index (χ4n) is 1.47. The average molecular weight is 236 g/mol. The van der Waals surface area contributed by atoms with Crippen molar-refractivity contribution in [2.75, 3.05) is 0 Å². The first-order chi connectivity index (χ1) is 7.47. The number of benzene rings is 1. The third kappa shape index (κ3) is 5.71. The zero-order valence-electron chi connectivity index (χ0n) is 10.3. The molecule has 0 atom stereocenters. The van der Waals surface area contributed by atoms with Crippen molar-refractivity contribution in [2.24, 2.45) is 0 Å². The smallest absolute Gasteiger partial charge is 0.292 e. The Morgan fingerprint density at radius 1 is 1.19 bits per heavy atom. The van der Waals surface area contributed by atoms with Crippen molar-refractivity contribution in [3.8, 4) is 0 Å². The summed E-state index contributed by atoms with van der Waals surface area (Å²) in [6.07, 6.45) is 2.34. The number of carbonyl (C=O) groups excluding carboxylic acids is 1. The molecule has 0 aliphatic heterocycles. The van der Waals surface area contributed by atoms with Gasteiger partial charge in [-0.15, -0.1) is 0 Å². The molecule has 0 bridgehead atoms. The second-order valence-electron chi connectivity index (χ2n) is 4.93. The van der Waals surface area contributed by atoms with E-state index < -0.39 is 8.32 Å². The van der Waals surface area contributed by atoms with Crippen molar-refractivity contribution < 1.29 is 9.22 Å². The molecule has 1 aromatic rings. The van der Waals surface area contributed by atoms with E-state index in [1.807, 2.05) is 37.8 Å². The number of carbonyl (C=O) groups is 1. The highest BCUT2D eigenvalue weighted by Crippen LogP contribution is 2.08. The molecule has 0 N–H and O–H groups in total. The van der Waals surface area contributed by atoms with E-state index in [9.17, 15) is 4.79 Å². The van der Waals surface area contributed by atoms with Crippen molar-refractivity contribution >= 4 is 14.3 Å². The number of hydrogen-bond donors (Lipinski definition) is 0. The largest absolute Gasteiger partial charge is 0.520 e. The highest BCUT2D eigenvalue weighted by atomic mass is 28.4. The first kappa shape index (κ1) is 13.0. The highest BCUT2D eigenvalue weighted by molar-refractivity contribution is 6.71. The Kier molecular flexibility index (Phi) is 4.74. The first-order valence-electron chi connectivity index (χ1n) is 5.73. The molecule has 0 spiro atoms. The molecule has 2 nitrogen and oxygen atoms in total. The lowest BCUT2D eigenvalue weighted by Crippen LogP contribution is -2.29. The van der Waals surface area contributed by atoms with Gasteiger partial charge < -0.3 is 4.43 Å². The number of aryl methyl sites for hydroxylation is 1. The van der Waals surface area contributed by atoms with Gasteiger partial charge in [0.2, 0.25) is 8.32 Å². The van der Waals surface area contributed by atoms with Gasteiger partial charge in [0.25, 0.3) is 5.97 Å². The zero-order valence-corrected chi connectivity index (χ0v) is 11.3. The monoisotopic (exact) mass is 236 g/mol. The van der Waals surface area contributed by atoms with E-state index in [0.29, 0.717) is 6.42 Å². The van der Waals surface area contributed by atoms with Gasteiger partial charge >= 0.3 is 0 Å². The standard InChI is InChI=1S/C13H20O2Si/c1-16(2,3)15-13(14)11-7-10-12-8-5-4-6-9-12/h4-6,8-9H,7,10-11H2,1-3H3. The maximum Gasteiger partial charge on any atom is 0.292 e. The van der Waals surface area contributed by atoms with Crippen LogP contribution in [0.3, 0.4) is 0 Å². The van der Waals surface area contributed by atoms with Crippen LogP contribution in [0.15, 0.2) is 30.3 Å². The molecule has 0 saturated heterocycles. The average Bonchev–Trinajstić information content (AvgIpc) is 2.16. The molecule has 1 aromatic carbocycles. The normalized spacial score (nSPS) is 11.2. The van der Waals surface area contributed by atoms with E-state index in [1.165, 1.54) is 5.56 Å². The second-order valence-corrected chi connectivity index (χ2v) is 9.35. The summed E-state index contributed by atoms with van der Waals surface area (Å²) in [5.41, 5.74) is 1.28. The lowest BCUT2D eigenvalue weighted by molar-refractivity contribution is -0.135. The van der Waals surface area contributed by atoms with E-state index in [4.69, 9.17) is 4.43 Å². The molecule has 0 unspecified atom stereocenters. The van der Waals surface area contributed by atoms with Gasteiger partial charge in [-0.25, -0.2) is 0 Å². The SMILES string of the molecule is C[Si](C)(C)OC(=O)CCCc1ccccc1. The highest BCUT2D eigenvalue weighted by Gasteiger charge is 2.19. The number of hydrogen-bond acceptors (Lipinski definition) is 2. The summed E-state index contributed by atoms with van der Waals surface area (Å²) in [6, 6.07) is 10.2. The van der Waals surface area contributed by atoms with Crippen LogP contribution in [0, 0.1) is 0 Å². The van der Waals surface area contributed by atoms with Gasteiger partial charge in [0, 0.05) is 6.42 Å². The molecule has 0 aromatic heterocycles. The molecule has 0 fully saturated rings. The Balaban J connectivity index is 2.24. The lowest BCUT2D eigenvalue weighted by Gasteiger charge is -2.17. The van der Waals surface area contributed by atoms with Gasteiger partial charge in [0.15, 0.2) is 0 Å². The van der Waals surface area contributed by atoms with Crippen LogP contribution in [-0.4, -0.2) is 14.3 Å². The van der Waals surface area contributed by atoms with E-state index in [2.05, 4.69) is 12.1 Å². The van der Waals surface area contributed by atoms with Crippen LogP contribution in [-0.2, 0) is 15.6 Å². The van der Waals surface area contributed by atoms with Gasteiger partial charge in [-0.3, -0.25) is 4.79 Å². The van der Waals surface area contributed by atoms with Crippen LogP contribution in [0.5, 0.6) is 0 Å². The predicted molar refractivity (Wildman–Crippen MR) is 68.8 cm³/mol. The van der Waals surface area contributed by atoms with Crippen LogP contribution >= 0.6 is 0 Å². The molecule has 0 saturated carbocycles. The first-order valence-corrected chi connectivity index (χ1v) is 9.14. The van der Waals surface area contributed by atoms with Gasteiger partial charge in [-0.2, -0.15) is 0 Å². The summed E-state index contributed by atoms with van der Waals surface area (Å²) in [5, 5.41) is 0. The van der Waals surface area contributed by atoms with Crippen molar-refractivity contribution in [1.29, 1.82) is 0 Å². The van der Waals surface area contributed by atoms with E-state index in [0.717, 1.165) is 12.8 Å². The van der Waals surface area contributed by atoms with Gasteiger partial charge in [0.1, 0.15) is 0 Å². The quantitative estimate of drug-likeness (QED) is 0.733. The van der Waals surface area contributed by atoms with Crippen LogP contribution in [0.25, 0.3) is 0 Å². The van der Waals surface area contributed by atoms with Gasteiger partial charge in [-0.05, 0) is 38.0 Å². The van der Waals surface area contributed by atoms with Gasteiger partial charge in [0.05, 0.1) is 0 Å². The minimum absolute atomic E-state index is 0.0462. The zero-order chi connectivity index (χ0) is 12.0. The van der Waals surface area contributed by atoms with E-state index in [1.54, 1.807) is 0 Å². The van der Waals surface area contributed by atoms with Crippen LogP contribution in [0.2, 0.25) is 19.6 Å². The van der Waals surface area contributed by atoms with Crippen LogP contribution < -0.4 is 0 Å². The molecular weight excluding hydrogens is 216 g/mol. The molecule has 3 heteroatoms. The second kappa shape index (κ2) is 5.85. The Hall–Kier alpha value is -1.09. The van der Waals surface area contributed by atoms with Crippen molar-refractivity contribution in [3.05, 3.63) is 35.9 Å². The molecule has 88 valence electrons. The minimum atomic E-state index is -1.70. The fourth-order valence-corrected chi connectivity index (χ4v) is 2.26. The summed E-state index contributed by atoms with van der Waals surface area (Å²) in [4.78, 5) is 11.5. The molecule has 0 radical (unpaired) electrons.